The molecule has 1 aromatic carbocycles. The van der Waals surface area contributed by atoms with Crippen LogP contribution in [0.4, 0.5) is 0 Å². The van der Waals surface area contributed by atoms with Crippen molar-refractivity contribution >= 4 is 0 Å². The zero-order chi connectivity index (χ0) is 14.2. The van der Waals surface area contributed by atoms with Gasteiger partial charge >= 0.3 is 0 Å². The van der Waals surface area contributed by atoms with Crippen molar-refractivity contribution in [3.63, 3.8) is 0 Å². The van der Waals surface area contributed by atoms with Crippen molar-refractivity contribution in [2.45, 2.75) is 38.3 Å². The molecule has 1 fully saturated rings. The number of nitrogens with zero attached hydrogens (tertiary/aromatic N) is 1. The van der Waals surface area contributed by atoms with E-state index in [4.69, 9.17) is 10.8 Å². The van der Waals surface area contributed by atoms with E-state index in [1.165, 1.54) is 24.8 Å². The van der Waals surface area contributed by atoms with E-state index in [1.807, 2.05) is 0 Å². The molecule has 0 bridgehead atoms. The molecule has 3 heteroatoms. The molecule has 0 radical (unpaired) electrons. The van der Waals surface area contributed by atoms with Gasteiger partial charge in [-0.15, -0.1) is 0 Å². The van der Waals surface area contributed by atoms with Crippen molar-refractivity contribution in [2.75, 3.05) is 19.7 Å². The van der Waals surface area contributed by atoms with E-state index in [2.05, 4.69) is 41.0 Å². The Morgan fingerprint density at radius 2 is 2.05 bits per heavy atom. The van der Waals surface area contributed by atoms with E-state index in [9.17, 15) is 0 Å². The fourth-order valence-corrected chi connectivity index (χ4v) is 2.83. The number of rotatable bonds is 4. The molecule has 0 aliphatic carbocycles. The minimum atomic E-state index is 0.286. The first-order valence-corrected chi connectivity index (χ1v) is 7.46. The number of nitrogens with two attached hydrogens (primary N) is 1. The largest absolute Gasteiger partial charge is 0.396 e. The van der Waals surface area contributed by atoms with Crippen LogP contribution >= 0.6 is 0 Å². The maximum atomic E-state index is 9.17. The highest BCUT2D eigenvalue weighted by Crippen LogP contribution is 2.21. The van der Waals surface area contributed by atoms with Crippen LogP contribution in [-0.4, -0.2) is 35.7 Å². The van der Waals surface area contributed by atoms with E-state index in [0.29, 0.717) is 12.6 Å². The highest BCUT2D eigenvalue weighted by atomic mass is 16.3. The summed E-state index contributed by atoms with van der Waals surface area (Å²) in [4.78, 5) is 2.50. The van der Waals surface area contributed by atoms with Gasteiger partial charge in [-0.1, -0.05) is 30.4 Å². The van der Waals surface area contributed by atoms with Crippen molar-refractivity contribution in [3.8, 4) is 11.8 Å². The lowest BCUT2D eigenvalue weighted by molar-refractivity contribution is 0.112. The lowest BCUT2D eigenvalue weighted by atomic mass is 9.98. The van der Waals surface area contributed by atoms with Crippen LogP contribution in [0.5, 0.6) is 0 Å². The number of aliphatic hydroxyl groups excluding tert-OH is 1. The first-order chi connectivity index (χ1) is 9.83. The summed E-state index contributed by atoms with van der Waals surface area (Å²) in [6, 6.07) is 8.94. The third-order valence-electron chi connectivity index (χ3n) is 3.89. The molecule has 108 valence electrons. The van der Waals surface area contributed by atoms with Crippen LogP contribution in [0, 0.1) is 11.8 Å². The molecular weight excluding hydrogens is 248 g/mol. The number of hydrogen-bond donors (Lipinski definition) is 2. The van der Waals surface area contributed by atoms with E-state index in [-0.39, 0.29) is 6.61 Å². The van der Waals surface area contributed by atoms with Crippen LogP contribution in [0.1, 0.15) is 36.8 Å². The number of likely N-dealkylation sites (tertiary alicyclic amines) is 1. The second-order valence-corrected chi connectivity index (χ2v) is 5.34. The Labute approximate surface area is 121 Å². The van der Waals surface area contributed by atoms with Crippen molar-refractivity contribution < 1.29 is 5.11 Å². The van der Waals surface area contributed by atoms with Gasteiger partial charge in [-0.2, -0.15) is 0 Å². The van der Waals surface area contributed by atoms with Gasteiger partial charge in [0.05, 0.1) is 6.54 Å². The summed E-state index contributed by atoms with van der Waals surface area (Å²) >= 11 is 0. The average molecular weight is 272 g/mol. The molecule has 1 aliphatic rings. The summed E-state index contributed by atoms with van der Waals surface area (Å²) in [5, 5.41) is 9.17. The zero-order valence-corrected chi connectivity index (χ0v) is 12.0. The molecule has 1 saturated heterocycles. The molecule has 0 amide bonds. The molecule has 3 N–H and O–H groups in total. The normalized spacial score (nSPS) is 19.4. The lowest BCUT2D eigenvalue weighted by Gasteiger charge is -2.35. The molecule has 1 atom stereocenters. The third kappa shape index (κ3) is 4.35. The Morgan fingerprint density at radius 1 is 1.25 bits per heavy atom. The Balaban J connectivity index is 1.97. The van der Waals surface area contributed by atoms with Crippen LogP contribution in [0.3, 0.4) is 0 Å². The first kappa shape index (κ1) is 15.1. The Hall–Kier alpha value is -1.34. The highest BCUT2D eigenvalue weighted by molar-refractivity contribution is 5.36. The van der Waals surface area contributed by atoms with Gasteiger partial charge in [0.25, 0.3) is 0 Å². The summed E-state index contributed by atoms with van der Waals surface area (Å²) in [6.45, 7) is 2.79. The molecule has 0 aromatic heterocycles. The van der Waals surface area contributed by atoms with Gasteiger partial charge < -0.3 is 10.8 Å². The number of hydrogen-bond acceptors (Lipinski definition) is 3. The fourth-order valence-electron chi connectivity index (χ4n) is 2.83. The van der Waals surface area contributed by atoms with Gasteiger partial charge in [0.2, 0.25) is 0 Å². The molecule has 2 rings (SSSR count). The first-order valence-electron chi connectivity index (χ1n) is 7.46. The average Bonchev–Trinajstić information content (AvgIpc) is 2.49. The van der Waals surface area contributed by atoms with Crippen molar-refractivity contribution in [1.29, 1.82) is 0 Å². The quantitative estimate of drug-likeness (QED) is 0.821. The highest BCUT2D eigenvalue weighted by Gasteiger charge is 2.21. The lowest BCUT2D eigenvalue weighted by Crippen LogP contribution is -2.39. The summed E-state index contributed by atoms with van der Waals surface area (Å²) in [5.74, 6) is 5.91. The Bertz CT molecular complexity index is 456. The van der Waals surface area contributed by atoms with Crippen molar-refractivity contribution in [2.24, 2.45) is 5.73 Å². The monoisotopic (exact) mass is 272 g/mol. The minimum absolute atomic E-state index is 0.286. The maximum Gasteiger partial charge on any atom is 0.0555 e. The van der Waals surface area contributed by atoms with E-state index < -0.39 is 0 Å². The molecule has 0 saturated carbocycles. The fraction of sp³-hybridized carbons (Fsp3) is 0.529. The smallest absolute Gasteiger partial charge is 0.0555 e. The molecule has 0 spiro atoms. The van der Waals surface area contributed by atoms with Crippen LogP contribution in [0.15, 0.2) is 24.3 Å². The predicted octanol–water partition coefficient (Wildman–Crippen LogP) is 1.73. The van der Waals surface area contributed by atoms with Gasteiger partial charge in [0, 0.05) is 24.8 Å². The van der Waals surface area contributed by atoms with Crippen LogP contribution in [-0.2, 0) is 6.54 Å². The Kier molecular flexibility index (Phi) is 6.07. The van der Waals surface area contributed by atoms with Gasteiger partial charge in [-0.3, -0.25) is 4.90 Å². The zero-order valence-electron chi connectivity index (χ0n) is 12.0. The third-order valence-corrected chi connectivity index (χ3v) is 3.89. The number of piperidine rings is 1. The van der Waals surface area contributed by atoms with Gasteiger partial charge in [-0.25, -0.2) is 0 Å². The van der Waals surface area contributed by atoms with Crippen molar-refractivity contribution in [3.05, 3.63) is 35.4 Å². The molecule has 20 heavy (non-hydrogen) atoms. The number of benzene rings is 1. The molecule has 3 nitrogen and oxygen atoms in total. The second kappa shape index (κ2) is 8.06. The van der Waals surface area contributed by atoms with Crippen LogP contribution < -0.4 is 5.73 Å². The maximum absolute atomic E-state index is 9.17. The van der Waals surface area contributed by atoms with E-state index in [1.54, 1.807) is 0 Å². The van der Waals surface area contributed by atoms with Gasteiger partial charge in [0.15, 0.2) is 0 Å². The van der Waals surface area contributed by atoms with Gasteiger partial charge in [0.1, 0.15) is 0 Å². The molecule has 1 aromatic rings. The predicted molar refractivity (Wildman–Crippen MR) is 82.1 cm³/mol. The molecule has 1 unspecified atom stereocenters. The van der Waals surface area contributed by atoms with Crippen molar-refractivity contribution in [1.82, 2.24) is 4.90 Å². The standard InChI is InChI=1S/C17H24N2O/c18-11-3-4-15-6-8-16(9-7-15)14-19-12-2-1-5-17(19)10-13-20/h6-9,17,20H,1-2,5,10-14,18H2. The minimum Gasteiger partial charge on any atom is -0.396 e. The van der Waals surface area contributed by atoms with E-state index >= 15 is 0 Å². The topological polar surface area (TPSA) is 49.5 Å². The van der Waals surface area contributed by atoms with Gasteiger partial charge in [-0.05, 0) is 43.5 Å². The molecular formula is C17H24N2O. The van der Waals surface area contributed by atoms with E-state index in [0.717, 1.165) is 25.1 Å². The summed E-state index contributed by atoms with van der Waals surface area (Å²) in [5.41, 5.74) is 7.70. The van der Waals surface area contributed by atoms with Crippen LogP contribution in [0.25, 0.3) is 0 Å². The summed E-state index contributed by atoms with van der Waals surface area (Å²) in [7, 11) is 0. The molecule has 1 aliphatic heterocycles. The molecule has 1 heterocycles. The number of aliphatic hydroxyl groups is 1. The second-order valence-electron chi connectivity index (χ2n) is 5.34. The summed E-state index contributed by atoms with van der Waals surface area (Å²) in [6.07, 6.45) is 4.65. The Morgan fingerprint density at radius 3 is 2.75 bits per heavy atom. The SMILES string of the molecule is NCC#Cc1ccc(CN2CCCCC2CCO)cc1. The summed E-state index contributed by atoms with van der Waals surface area (Å²) < 4.78 is 0. The van der Waals surface area contributed by atoms with Crippen LogP contribution in [0.2, 0.25) is 0 Å².